The molecule has 0 unspecified atom stereocenters. The summed E-state index contributed by atoms with van der Waals surface area (Å²) in [6, 6.07) is 3.42. The predicted molar refractivity (Wildman–Crippen MR) is 68.3 cm³/mol. The third-order valence-corrected chi connectivity index (χ3v) is 3.75. The zero-order valence-electron chi connectivity index (χ0n) is 10.6. The van der Waals surface area contributed by atoms with E-state index in [1.165, 1.54) is 19.3 Å². The van der Waals surface area contributed by atoms with Crippen molar-refractivity contribution in [3.05, 3.63) is 23.3 Å². The van der Waals surface area contributed by atoms with Gasteiger partial charge in [-0.3, -0.25) is 0 Å². The van der Waals surface area contributed by atoms with Crippen molar-refractivity contribution in [1.82, 2.24) is 0 Å². The maximum atomic E-state index is 9.61. The Labute approximate surface area is 103 Å². The number of aryl methyl sites for hydroxylation is 1. The van der Waals surface area contributed by atoms with Gasteiger partial charge in [-0.1, -0.05) is 19.3 Å². The minimum atomic E-state index is -0.290. The number of phenolic OH excluding ortho intramolecular Hbond substituents is 1. The van der Waals surface area contributed by atoms with Crippen LogP contribution in [0, 0.1) is 6.92 Å². The van der Waals surface area contributed by atoms with Gasteiger partial charge < -0.3 is 15.6 Å². The fraction of sp³-hybridized carbons (Fsp3) is 0.571. The molecule has 3 N–H and O–H groups in total. The molecule has 3 nitrogen and oxygen atoms in total. The summed E-state index contributed by atoms with van der Waals surface area (Å²) in [5, 5.41) is 9.61. The highest BCUT2D eigenvalue weighted by molar-refractivity contribution is 5.49. The molecule has 0 heterocycles. The molecule has 1 aliphatic rings. The van der Waals surface area contributed by atoms with Crippen LogP contribution in [-0.2, 0) is 5.54 Å². The minimum absolute atomic E-state index is 0.238. The van der Waals surface area contributed by atoms with Gasteiger partial charge in [-0.2, -0.15) is 0 Å². The minimum Gasteiger partial charge on any atom is -0.508 e. The van der Waals surface area contributed by atoms with E-state index in [-0.39, 0.29) is 11.3 Å². The Bertz CT molecular complexity index is 409. The van der Waals surface area contributed by atoms with Crippen LogP contribution in [0.25, 0.3) is 0 Å². The number of hydrogen-bond donors (Lipinski definition) is 2. The Kier molecular flexibility index (Phi) is 3.29. The summed E-state index contributed by atoms with van der Waals surface area (Å²) in [6.07, 6.45) is 5.59. The molecular formula is C14H21NO2. The van der Waals surface area contributed by atoms with Crippen LogP contribution in [0.15, 0.2) is 12.1 Å². The zero-order valence-corrected chi connectivity index (χ0v) is 10.6. The number of rotatable bonds is 2. The molecule has 3 heteroatoms. The number of phenols is 1. The number of benzene rings is 1. The van der Waals surface area contributed by atoms with Gasteiger partial charge in [-0.25, -0.2) is 0 Å². The standard InChI is InChI=1S/C14H21NO2/c1-10-8-11(16)9-12(17-2)13(10)14(15)6-4-3-5-7-14/h8-9,16H,3-7,15H2,1-2H3. The Morgan fingerprint density at radius 1 is 1.24 bits per heavy atom. The van der Waals surface area contributed by atoms with Gasteiger partial charge in [0.25, 0.3) is 0 Å². The molecule has 0 aromatic heterocycles. The first-order valence-electron chi connectivity index (χ1n) is 6.24. The molecule has 17 heavy (non-hydrogen) atoms. The summed E-state index contributed by atoms with van der Waals surface area (Å²) in [7, 11) is 1.63. The molecule has 0 amide bonds. The van der Waals surface area contributed by atoms with Crippen molar-refractivity contribution in [3.8, 4) is 11.5 Å². The molecule has 1 saturated carbocycles. The SMILES string of the molecule is COc1cc(O)cc(C)c1C1(N)CCCCC1. The average molecular weight is 235 g/mol. The third kappa shape index (κ3) is 2.25. The second-order valence-corrected chi connectivity index (χ2v) is 5.06. The number of ether oxygens (including phenoxy) is 1. The van der Waals surface area contributed by atoms with Crippen LogP contribution in [0.1, 0.15) is 43.2 Å². The molecule has 0 radical (unpaired) electrons. The van der Waals surface area contributed by atoms with Gasteiger partial charge >= 0.3 is 0 Å². The van der Waals surface area contributed by atoms with Crippen molar-refractivity contribution < 1.29 is 9.84 Å². The lowest BCUT2D eigenvalue weighted by Gasteiger charge is -2.36. The first kappa shape index (κ1) is 12.2. The molecular weight excluding hydrogens is 214 g/mol. The number of aromatic hydroxyl groups is 1. The molecule has 0 spiro atoms. The van der Waals surface area contributed by atoms with Crippen LogP contribution in [0.5, 0.6) is 11.5 Å². The van der Waals surface area contributed by atoms with Gasteiger partial charge in [0.1, 0.15) is 11.5 Å². The molecule has 1 fully saturated rings. The van der Waals surface area contributed by atoms with E-state index in [4.69, 9.17) is 10.5 Å². The van der Waals surface area contributed by atoms with Gasteiger partial charge in [0.15, 0.2) is 0 Å². The summed E-state index contributed by atoms with van der Waals surface area (Å²) >= 11 is 0. The monoisotopic (exact) mass is 235 g/mol. The lowest BCUT2D eigenvalue weighted by Crippen LogP contribution is -2.39. The third-order valence-electron chi connectivity index (χ3n) is 3.75. The Balaban J connectivity index is 2.49. The van der Waals surface area contributed by atoms with Gasteiger partial charge in [0, 0.05) is 17.2 Å². The van der Waals surface area contributed by atoms with Crippen molar-refractivity contribution in [2.45, 2.75) is 44.6 Å². The summed E-state index contributed by atoms with van der Waals surface area (Å²) in [4.78, 5) is 0. The molecule has 1 aromatic rings. The van der Waals surface area contributed by atoms with E-state index in [0.717, 1.165) is 24.0 Å². The van der Waals surface area contributed by atoms with E-state index < -0.39 is 0 Å². The Morgan fingerprint density at radius 3 is 2.47 bits per heavy atom. The predicted octanol–water partition coefficient (Wildman–Crippen LogP) is 2.83. The molecule has 1 aromatic carbocycles. The molecule has 0 atom stereocenters. The first-order chi connectivity index (χ1) is 8.07. The van der Waals surface area contributed by atoms with Crippen molar-refractivity contribution in [1.29, 1.82) is 0 Å². The van der Waals surface area contributed by atoms with Crippen LogP contribution in [0.4, 0.5) is 0 Å². The Hall–Kier alpha value is -1.22. The number of hydrogen-bond acceptors (Lipinski definition) is 3. The molecule has 1 aliphatic carbocycles. The van der Waals surface area contributed by atoms with E-state index in [0.29, 0.717) is 5.75 Å². The van der Waals surface area contributed by atoms with Crippen LogP contribution in [-0.4, -0.2) is 12.2 Å². The lowest BCUT2D eigenvalue weighted by molar-refractivity contribution is 0.287. The fourth-order valence-electron chi connectivity index (χ4n) is 2.97. The molecule has 0 aliphatic heterocycles. The van der Waals surface area contributed by atoms with E-state index >= 15 is 0 Å². The van der Waals surface area contributed by atoms with Crippen LogP contribution in [0.2, 0.25) is 0 Å². The quantitative estimate of drug-likeness (QED) is 0.828. The summed E-state index contributed by atoms with van der Waals surface area (Å²) in [5.74, 6) is 0.953. The molecule has 2 rings (SSSR count). The zero-order chi connectivity index (χ0) is 12.5. The topological polar surface area (TPSA) is 55.5 Å². The summed E-state index contributed by atoms with van der Waals surface area (Å²) in [6.45, 7) is 1.99. The Morgan fingerprint density at radius 2 is 1.88 bits per heavy atom. The van der Waals surface area contributed by atoms with Crippen LogP contribution < -0.4 is 10.5 Å². The van der Waals surface area contributed by atoms with Crippen molar-refractivity contribution in [2.75, 3.05) is 7.11 Å². The van der Waals surface area contributed by atoms with E-state index in [9.17, 15) is 5.11 Å². The maximum absolute atomic E-state index is 9.61. The number of methoxy groups -OCH3 is 1. The summed E-state index contributed by atoms with van der Waals surface area (Å²) < 4.78 is 5.39. The van der Waals surface area contributed by atoms with Gasteiger partial charge in [-0.15, -0.1) is 0 Å². The molecule has 0 bridgehead atoms. The second kappa shape index (κ2) is 4.57. The van der Waals surface area contributed by atoms with Crippen LogP contribution in [0.3, 0.4) is 0 Å². The van der Waals surface area contributed by atoms with Crippen molar-refractivity contribution in [2.24, 2.45) is 5.73 Å². The van der Waals surface area contributed by atoms with E-state index in [1.54, 1.807) is 19.2 Å². The first-order valence-corrected chi connectivity index (χ1v) is 6.24. The fourth-order valence-corrected chi connectivity index (χ4v) is 2.97. The number of nitrogens with two attached hydrogens (primary N) is 1. The smallest absolute Gasteiger partial charge is 0.127 e. The second-order valence-electron chi connectivity index (χ2n) is 5.06. The van der Waals surface area contributed by atoms with E-state index in [2.05, 4.69) is 0 Å². The van der Waals surface area contributed by atoms with Crippen LogP contribution >= 0.6 is 0 Å². The maximum Gasteiger partial charge on any atom is 0.127 e. The highest BCUT2D eigenvalue weighted by Gasteiger charge is 2.33. The van der Waals surface area contributed by atoms with Crippen molar-refractivity contribution in [3.63, 3.8) is 0 Å². The normalized spacial score (nSPS) is 19.0. The van der Waals surface area contributed by atoms with Gasteiger partial charge in [0.05, 0.1) is 7.11 Å². The molecule has 0 saturated heterocycles. The largest absolute Gasteiger partial charge is 0.508 e. The van der Waals surface area contributed by atoms with Gasteiger partial charge in [0.2, 0.25) is 0 Å². The average Bonchev–Trinajstić information content (AvgIpc) is 2.28. The molecule has 94 valence electrons. The van der Waals surface area contributed by atoms with Gasteiger partial charge in [-0.05, 0) is 31.4 Å². The van der Waals surface area contributed by atoms with E-state index in [1.807, 2.05) is 6.92 Å². The summed E-state index contributed by atoms with van der Waals surface area (Å²) in [5.41, 5.74) is 8.34. The highest BCUT2D eigenvalue weighted by atomic mass is 16.5. The highest BCUT2D eigenvalue weighted by Crippen LogP contribution is 2.42. The van der Waals surface area contributed by atoms with Crippen molar-refractivity contribution >= 4 is 0 Å². The lowest BCUT2D eigenvalue weighted by atomic mass is 9.75.